The average Bonchev–Trinajstić information content (AvgIpc) is 2.79. The lowest BCUT2D eigenvalue weighted by molar-refractivity contribution is -0.125. The fraction of sp³-hybridized carbons (Fsp3) is 0.167. The van der Waals surface area contributed by atoms with Gasteiger partial charge in [0.05, 0.1) is 22.7 Å². The molecular weight excluding hydrogens is 426 g/mol. The van der Waals surface area contributed by atoms with Gasteiger partial charge >= 0.3 is 0 Å². The molecule has 0 fully saturated rings. The minimum absolute atomic E-state index is 0.0965. The summed E-state index contributed by atoms with van der Waals surface area (Å²) in [4.78, 5) is 25.7. The highest BCUT2D eigenvalue weighted by molar-refractivity contribution is 7.93. The fourth-order valence-electron chi connectivity index (χ4n) is 3.73. The van der Waals surface area contributed by atoms with Crippen LogP contribution >= 0.6 is 0 Å². The van der Waals surface area contributed by atoms with E-state index in [0.717, 1.165) is 9.87 Å². The SMILES string of the molecule is Cc1ccccc1S(=O)(=O)N1c2ccccc2NC(=O)[C@H]1CC(=O)NCc1ccccc1. The van der Waals surface area contributed by atoms with E-state index in [4.69, 9.17) is 0 Å². The second-order valence-corrected chi connectivity index (χ2v) is 9.34. The first kappa shape index (κ1) is 21.6. The number of rotatable bonds is 6. The second kappa shape index (κ2) is 8.84. The van der Waals surface area contributed by atoms with E-state index in [9.17, 15) is 18.0 Å². The Bertz CT molecular complexity index is 1260. The highest BCUT2D eigenvalue weighted by Gasteiger charge is 2.42. The van der Waals surface area contributed by atoms with E-state index in [1.165, 1.54) is 6.07 Å². The van der Waals surface area contributed by atoms with Crippen LogP contribution in [-0.4, -0.2) is 26.3 Å². The van der Waals surface area contributed by atoms with Crippen molar-refractivity contribution in [2.24, 2.45) is 0 Å². The maximum absolute atomic E-state index is 13.7. The Labute approximate surface area is 187 Å². The van der Waals surface area contributed by atoms with Gasteiger partial charge in [-0.05, 0) is 36.2 Å². The number of hydrogen-bond donors (Lipinski definition) is 2. The number of anilines is 2. The van der Waals surface area contributed by atoms with Gasteiger partial charge in [0.1, 0.15) is 6.04 Å². The predicted octanol–water partition coefficient (Wildman–Crippen LogP) is 3.22. The maximum Gasteiger partial charge on any atom is 0.265 e. The van der Waals surface area contributed by atoms with Crippen molar-refractivity contribution < 1.29 is 18.0 Å². The van der Waals surface area contributed by atoms with Gasteiger partial charge in [-0.25, -0.2) is 8.42 Å². The monoisotopic (exact) mass is 449 g/mol. The molecule has 3 aromatic carbocycles. The van der Waals surface area contributed by atoms with Gasteiger partial charge in [0.25, 0.3) is 10.0 Å². The molecule has 0 aromatic heterocycles. The topological polar surface area (TPSA) is 95.6 Å². The zero-order chi connectivity index (χ0) is 22.7. The van der Waals surface area contributed by atoms with Crippen LogP contribution in [0.1, 0.15) is 17.5 Å². The smallest absolute Gasteiger partial charge is 0.265 e. The van der Waals surface area contributed by atoms with Gasteiger partial charge in [0.15, 0.2) is 0 Å². The number of para-hydroxylation sites is 2. The van der Waals surface area contributed by atoms with Crippen LogP contribution in [0, 0.1) is 6.92 Å². The van der Waals surface area contributed by atoms with Crippen LogP contribution < -0.4 is 14.9 Å². The van der Waals surface area contributed by atoms with Gasteiger partial charge in [-0.1, -0.05) is 60.7 Å². The molecule has 0 saturated heterocycles. The minimum Gasteiger partial charge on any atom is -0.352 e. The van der Waals surface area contributed by atoms with Crippen molar-refractivity contribution in [3.8, 4) is 0 Å². The van der Waals surface area contributed by atoms with Crippen molar-refractivity contribution in [2.75, 3.05) is 9.62 Å². The number of aryl methyl sites for hydroxylation is 1. The molecule has 1 atom stereocenters. The van der Waals surface area contributed by atoms with Crippen LogP contribution in [0.15, 0.2) is 83.8 Å². The molecule has 0 bridgehead atoms. The van der Waals surface area contributed by atoms with Crippen molar-refractivity contribution in [3.05, 3.63) is 90.0 Å². The van der Waals surface area contributed by atoms with Gasteiger partial charge < -0.3 is 10.6 Å². The lowest BCUT2D eigenvalue weighted by Gasteiger charge is -2.37. The Morgan fingerprint density at radius 1 is 0.969 bits per heavy atom. The van der Waals surface area contributed by atoms with Crippen LogP contribution in [0.2, 0.25) is 0 Å². The summed E-state index contributed by atoms with van der Waals surface area (Å²) in [5.74, 6) is -0.964. The second-order valence-electron chi connectivity index (χ2n) is 7.56. The summed E-state index contributed by atoms with van der Waals surface area (Å²) in [5.41, 5.74) is 2.18. The Hall–Kier alpha value is -3.65. The third-order valence-corrected chi connectivity index (χ3v) is 7.31. The fourth-order valence-corrected chi connectivity index (χ4v) is 5.59. The molecule has 0 spiro atoms. The highest BCUT2D eigenvalue weighted by Crippen LogP contribution is 2.37. The molecule has 1 aliphatic rings. The zero-order valence-corrected chi connectivity index (χ0v) is 18.3. The van der Waals surface area contributed by atoms with E-state index in [2.05, 4.69) is 10.6 Å². The first-order valence-electron chi connectivity index (χ1n) is 10.2. The quantitative estimate of drug-likeness (QED) is 0.604. The van der Waals surface area contributed by atoms with Crippen LogP contribution in [0.4, 0.5) is 11.4 Å². The Morgan fingerprint density at radius 3 is 2.38 bits per heavy atom. The van der Waals surface area contributed by atoms with Crippen molar-refractivity contribution in [2.45, 2.75) is 30.8 Å². The number of sulfonamides is 1. The standard InChI is InChI=1S/C24H23N3O4S/c1-17-9-5-8-14-22(17)32(30,31)27-20-13-7-6-12-19(20)26-24(29)21(27)15-23(28)25-16-18-10-3-2-4-11-18/h2-14,21H,15-16H2,1H3,(H,25,28)(H,26,29)/t21-/m1/s1. The molecule has 0 radical (unpaired) electrons. The van der Waals surface area contributed by atoms with Crippen LogP contribution in [0.3, 0.4) is 0 Å². The van der Waals surface area contributed by atoms with Crippen molar-refractivity contribution >= 4 is 33.2 Å². The molecule has 164 valence electrons. The van der Waals surface area contributed by atoms with Crippen molar-refractivity contribution in [3.63, 3.8) is 0 Å². The Balaban J connectivity index is 1.68. The summed E-state index contributed by atoms with van der Waals surface area (Å²) in [5, 5.41) is 5.51. The zero-order valence-electron chi connectivity index (χ0n) is 17.5. The molecular formula is C24H23N3O4S. The number of benzene rings is 3. The molecule has 32 heavy (non-hydrogen) atoms. The lowest BCUT2D eigenvalue weighted by Crippen LogP contribution is -2.52. The van der Waals surface area contributed by atoms with Crippen LogP contribution in [0.5, 0.6) is 0 Å². The predicted molar refractivity (Wildman–Crippen MR) is 123 cm³/mol. The minimum atomic E-state index is -4.11. The molecule has 4 rings (SSSR count). The van der Waals surface area contributed by atoms with Crippen molar-refractivity contribution in [1.82, 2.24) is 5.32 Å². The van der Waals surface area contributed by atoms with E-state index in [-0.39, 0.29) is 17.9 Å². The third-order valence-electron chi connectivity index (χ3n) is 5.33. The normalized spacial score (nSPS) is 15.6. The summed E-state index contributed by atoms with van der Waals surface area (Å²) in [7, 11) is -4.11. The van der Waals surface area contributed by atoms with Crippen LogP contribution in [-0.2, 0) is 26.2 Å². The van der Waals surface area contributed by atoms with Gasteiger partial charge in [0.2, 0.25) is 11.8 Å². The van der Waals surface area contributed by atoms with Gasteiger partial charge in [0, 0.05) is 6.54 Å². The number of hydrogen-bond acceptors (Lipinski definition) is 4. The number of carbonyl (C=O) groups excluding carboxylic acids is 2. The van der Waals surface area contributed by atoms with Gasteiger partial charge in [-0.15, -0.1) is 0 Å². The molecule has 1 aliphatic heterocycles. The third kappa shape index (κ3) is 4.22. The highest BCUT2D eigenvalue weighted by atomic mass is 32.2. The summed E-state index contributed by atoms with van der Waals surface area (Å²) in [6.07, 6.45) is -0.307. The summed E-state index contributed by atoms with van der Waals surface area (Å²) < 4.78 is 28.5. The van der Waals surface area contributed by atoms with E-state index >= 15 is 0 Å². The average molecular weight is 450 g/mol. The van der Waals surface area contributed by atoms with Gasteiger partial charge in [-0.2, -0.15) is 0 Å². The van der Waals surface area contributed by atoms with Crippen LogP contribution in [0.25, 0.3) is 0 Å². The number of nitrogens with one attached hydrogen (secondary N) is 2. The maximum atomic E-state index is 13.7. The molecule has 0 unspecified atom stereocenters. The summed E-state index contributed by atoms with van der Waals surface area (Å²) >= 11 is 0. The largest absolute Gasteiger partial charge is 0.352 e. The number of carbonyl (C=O) groups is 2. The number of amides is 2. The van der Waals surface area contributed by atoms with E-state index in [1.54, 1.807) is 49.4 Å². The lowest BCUT2D eigenvalue weighted by atomic mass is 10.1. The molecule has 1 heterocycles. The molecule has 3 aromatic rings. The Kier molecular flexibility index (Phi) is 5.96. The molecule has 0 saturated carbocycles. The molecule has 7 nitrogen and oxygen atoms in total. The molecule has 0 aliphatic carbocycles. The Morgan fingerprint density at radius 2 is 1.62 bits per heavy atom. The van der Waals surface area contributed by atoms with Gasteiger partial charge in [-0.3, -0.25) is 13.9 Å². The molecule has 8 heteroatoms. The van der Waals surface area contributed by atoms with Crippen molar-refractivity contribution in [1.29, 1.82) is 0 Å². The first-order chi connectivity index (χ1) is 15.4. The summed E-state index contributed by atoms with van der Waals surface area (Å²) in [6, 6.07) is 21.4. The molecule has 2 amide bonds. The van der Waals surface area contributed by atoms with E-state index in [1.807, 2.05) is 30.3 Å². The van der Waals surface area contributed by atoms with E-state index < -0.39 is 27.9 Å². The van der Waals surface area contributed by atoms with E-state index in [0.29, 0.717) is 16.9 Å². The number of fused-ring (bicyclic) bond motifs is 1. The molecule has 2 N–H and O–H groups in total. The summed E-state index contributed by atoms with van der Waals surface area (Å²) in [6.45, 7) is 1.99. The first-order valence-corrected chi connectivity index (χ1v) is 11.6. The number of nitrogens with zero attached hydrogens (tertiary/aromatic N) is 1.